The van der Waals surface area contributed by atoms with E-state index in [-0.39, 0.29) is 5.60 Å². The Hall–Kier alpha value is -0.560. The molecule has 20 heavy (non-hydrogen) atoms. The zero-order valence-electron chi connectivity index (χ0n) is 11.2. The molecule has 1 N–H and O–H groups in total. The van der Waals surface area contributed by atoms with Crippen molar-refractivity contribution in [1.29, 1.82) is 0 Å². The van der Waals surface area contributed by atoms with E-state index >= 15 is 0 Å². The number of carboxylic acids is 1. The van der Waals surface area contributed by atoms with Gasteiger partial charge in [0.15, 0.2) is 0 Å². The summed E-state index contributed by atoms with van der Waals surface area (Å²) >= 11 is 3.10. The summed E-state index contributed by atoms with van der Waals surface area (Å²) in [4.78, 5) is 12.4. The maximum absolute atomic E-state index is 10.9. The van der Waals surface area contributed by atoms with Gasteiger partial charge >= 0.3 is 5.97 Å². The van der Waals surface area contributed by atoms with Crippen molar-refractivity contribution in [3.05, 3.63) is 16.3 Å². The lowest BCUT2D eigenvalue weighted by Gasteiger charge is -2.43. The van der Waals surface area contributed by atoms with Crippen LogP contribution in [0.4, 0.5) is 0 Å². The second-order valence-corrected chi connectivity index (χ2v) is 7.61. The lowest BCUT2D eigenvalue weighted by atomic mass is 9.86. The van der Waals surface area contributed by atoms with Crippen LogP contribution in [0.5, 0.6) is 0 Å². The third kappa shape index (κ3) is 3.19. The number of ether oxygens (including phenoxy) is 2. The summed E-state index contributed by atoms with van der Waals surface area (Å²) in [5, 5.41) is 11.4. The van der Waals surface area contributed by atoms with Gasteiger partial charge in [-0.25, -0.2) is 4.79 Å². The Labute approximate surface area is 126 Å². The average Bonchev–Trinajstić information content (AvgIpc) is 2.88. The second-order valence-electron chi connectivity index (χ2n) is 5.33. The van der Waals surface area contributed by atoms with Crippen molar-refractivity contribution >= 4 is 29.1 Å². The minimum Gasteiger partial charge on any atom is -0.477 e. The van der Waals surface area contributed by atoms with Crippen molar-refractivity contribution < 1.29 is 19.4 Å². The quantitative estimate of drug-likeness (QED) is 0.928. The van der Waals surface area contributed by atoms with E-state index in [2.05, 4.69) is 0 Å². The van der Waals surface area contributed by atoms with Gasteiger partial charge in [-0.1, -0.05) is 0 Å². The molecule has 1 spiro atoms. The highest BCUT2D eigenvalue weighted by atomic mass is 32.2. The van der Waals surface area contributed by atoms with Gasteiger partial charge in [0.25, 0.3) is 0 Å². The van der Waals surface area contributed by atoms with E-state index in [0.29, 0.717) is 10.1 Å². The monoisotopic (exact) mass is 314 g/mol. The van der Waals surface area contributed by atoms with Crippen LogP contribution in [0.3, 0.4) is 0 Å². The Kier molecular flexibility index (Phi) is 4.35. The highest BCUT2D eigenvalue weighted by Crippen LogP contribution is 2.41. The summed E-state index contributed by atoms with van der Waals surface area (Å²) in [6.07, 6.45) is 4.03. The fourth-order valence-electron chi connectivity index (χ4n) is 2.86. The van der Waals surface area contributed by atoms with Crippen LogP contribution in [0.25, 0.3) is 0 Å². The molecule has 0 amide bonds. The zero-order valence-corrected chi connectivity index (χ0v) is 12.8. The van der Waals surface area contributed by atoms with Crippen molar-refractivity contribution in [2.24, 2.45) is 0 Å². The smallest absolute Gasteiger partial charge is 0.345 e. The summed E-state index contributed by atoms with van der Waals surface area (Å²) in [6, 6.07) is 1.78. The van der Waals surface area contributed by atoms with Crippen molar-refractivity contribution in [1.82, 2.24) is 0 Å². The number of carbonyl (C=O) groups is 1. The molecule has 2 aliphatic heterocycles. The van der Waals surface area contributed by atoms with Gasteiger partial charge in [0.2, 0.25) is 0 Å². The first kappa shape index (κ1) is 14.4. The van der Waals surface area contributed by atoms with E-state index < -0.39 is 5.97 Å². The molecule has 1 aromatic heterocycles. The number of hydrogen-bond acceptors (Lipinski definition) is 5. The Morgan fingerprint density at radius 2 is 2.20 bits per heavy atom. The molecule has 2 fully saturated rings. The normalized spacial score (nSPS) is 25.7. The van der Waals surface area contributed by atoms with Crippen molar-refractivity contribution in [3.8, 4) is 0 Å². The van der Waals surface area contributed by atoms with Crippen LogP contribution >= 0.6 is 23.1 Å². The van der Waals surface area contributed by atoms with E-state index in [0.717, 1.165) is 50.4 Å². The number of rotatable bonds is 3. The summed E-state index contributed by atoms with van der Waals surface area (Å²) in [7, 11) is 0. The molecule has 1 unspecified atom stereocenters. The SMILES string of the molecule is O=C(O)c1cc(SC2CCOC3(CCOCC3)C2)cs1. The van der Waals surface area contributed by atoms with Gasteiger partial charge in [0, 0.05) is 35.3 Å². The van der Waals surface area contributed by atoms with Crippen LogP contribution in [0, 0.1) is 0 Å². The summed E-state index contributed by atoms with van der Waals surface area (Å²) in [6.45, 7) is 2.38. The molecule has 1 aromatic rings. The van der Waals surface area contributed by atoms with Crippen LogP contribution in [0.1, 0.15) is 35.4 Å². The van der Waals surface area contributed by atoms with Gasteiger partial charge < -0.3 is 14.6 Å². The summed E-state index contributed by atoms with van der Waals surface area (Å²) in [5.74, 6) is -0.838. The zero-order chi connectivity index (χ0) is 14.0. The number of thioether (sulfide) groups is 1. The molecular formula is C14H18O4S2. The van der Waals surface area contributed by atoms with E-state index in [1.807, 2.05) is 5.38 Å². The van der Waals surface area contributed by atoms with Crippen molar-refractivity contribution in [2.45, 2.75) is 41.4 Å². The molecule has 0 aliphatic carbocycles. The Bertz CT molecular complexity index is 474. The molecule has 0 bridgehead atoms. The van der Waals surface area contributed by atoms with Crippen LogP contribution < -0.4 is 0 Å². The first-order valence-electron chi connectivity index (χ1n) is 6.87. The molecule has 0 saturated carbocycles. The summed E-state index contributed by atoms with van der Waals surface area (Å²) in [5.41, 5.74) is -0.000182. The van der Waals surface area contributed by atoms with E-state index in [1.54, 1.807) is 17.8 Å². The lowest BCUT2D eigenvalue weighted by Crippen LogP contribution is -2.45. The molecule has 3 rings (SSSR count). The minimum absolute atomic E-state index is 0.000182. The number of aromatic carboxylic acids is 1. The molecule has 6 heteroatoms. The van der Waals surface area contributed by atoms with Gasteiger partial charge in [0.05, 0.1) is 5.60 Å². The molecular weight excluding hydrogens is 296 g/mol. The average molecular weight is 314 g/mol. The van der Waals surface area contributed by atoms with Crippen molar-refractivity contribution in [3.63, 3.8) is 0 Å². The minimum atomic E-state index is -0.838. The van der Waals surface area contributed by atoms with Gasteiger partial charge in [-0.15, -0.1) is 23.1 Å². The number of carboxylic acid groups (broad SMARTS) is 1. The first-order chi connectivity index (χ1) is 9.67. The molecule has 4 nitrogen and oxygen atoms in total. The predicted octanol–water partition coefficient (Wildman–Crippen LogP) is 3.27. The topological polar surface area (TPSA) is 55.8 Å². The van der Waals surface area contributed by atoms with Gasteiger partial charge in [-0.05, 0) is 31.7 Å². The van der Waals surface area contributed by atoms with Crippen LogP contribution in [0.2, 0.25) is 0 Å². The highest BCUT2D eigenvalue weighted by Gasteiger charge is 2.39. The van der Waals surface area contributed by atoms with Crippen LogP contribution in [-0.2, 0) is 9.47 Å². The maximum atomic E-state index is 10.9. The molecule has 0 radical (unpaired) electrons. The standard InChI is InChI=1S/C14H18O4S2/c15-13(16)12-7-11(9-19-12)20-10-1-4-18-14(8-10)2-5-17-6-3-14/h7,9-10H,1-6,8H2,(H,15,16). The molecule has 2 aliphatic rings. The fraction of sp³-hybridized carbons (Fsp3) is 0.643. The van der Waals surface area contributed by atoms with Gasteiger partial charge in [-0.3, -0.25) is 0 Å². The first-order valence-corrected chi connectivity index (χ1v) is 8.63. The summed E-state index contributed by atoms with van der Waals surface area (Å²) < 4.78 is 11.5. The van der Waals surface area contributed by atoms with Crippen LogP contribution in [-0.4, -0.2) is 41.7 Å². The Morgan fingerprint density at radius 3 is 2.90 bits per heavy atom. The van der Waals surface area contributed by atoms with Gasteiger partial charge in [-0.2, -0.15) is 0 Å². The molecule has 3 heterocycles. The Morgan fingerprint density at radius 1 is 1.40 bits per heavy atom. The van der Waals surface area contributed by atoms with Crippen LogP contribution in [0.15, 0.2) is 16.3 Å². The highest BCUT2D eigenvalue weighted by molar-refractivity contribution is 8.00. The van der Waals surface area contributed by atoms with E-state index in [1.165, 1.54) is 11.3 Å². The van der Waals surface area contributed by atoms with E-state index in [4.69, 9.17) is 14.6 Å². The number of hydrogen-bond donors (Lipinski definition) is 1. The maximum Gasteiger partial charge on any atom is 0.345 e. The molecule has 110 valence electrons. The van der Waals surface area contributed by atoms with E-state index in [9.17, 15) is 4.79 Å². The Balaban J connectivity index is 1.63. The lowest BCUT2D eigenvalue weighted by molar-refractivity contribution is -0.131. The molecule has 1 atom stereocenters. The molecule has 2 saturated heterocycles. The number of thiophene rings is 1. The predicted molar refractivity (Wildman–Crippen MR) is 78.9 cm³/mol. The molecule has 0 aromatic carbocycles. The third-order valence-electron chi connectivity index (χ3n) is 3.94. The largest absolute Gasteiger partial charge is 0.477 e. The fourth-order valence-corrected chi connectivity index (χ4v) is 5.08. The van der Waals surface area contributed by atoms with Crippen molar-refractivity contribution in [2.75, 3.05) is 19.8 Å². The second kappa shape index (κ2) is 6.05. The third-order valence-corrected chi connectivity index (χ3v) is 6.25. The van der Waals surface area contributed by atoms with Gasteiger partial charge in [0.1, 0.15) is 4.88 Å².